The summed E-state index contributed by atoms with van der Waals surface area (Å²) >= 11 is 5.72. The van der Waals surface area contributed by atoms with Gasteiger partial charge in [-0.3, -0.25) is 4.79 Å². The van der Waals surface area contributed by atoms with E-state index in [0.29, 0.717) is 19.3 Å². The van der Waals surface area contributed by atoms with Crippen molar-refractivity contribution in [2.45, 2.75) is 140 Å². The van der Waals surface area contributed by atoms with Crippen molar-refractivity contribution in [3.05, 3.63) is 70.9 Å². The second-order valence-corrected chi connectivity index (χ2v) is 14.1. The average Bonchev–Trinajstić information content (AvgIpc) is 3.80. The van der Waals surface area contributed by atoms with Gasteiger partial charge in [-0.25, -0.2) is 4.68 Å². The number of ether oxygens (including phenoxy) is 4. The maximum absolute atomic E-state index is 11.9. The van der Waals surface area contributed by atoms with Crippen LogP contribution in [0.4, 0.5) is 0 Å². The number of hydrogen-bond donors (Lipinski definition) is 1. The highest BCUT2D eigenvalue weighted by Gasteiger charge is 2.27. The molecule has 0 aliphatic carbocycles. The van der Waals surface area contributed by atoms with Crippen molar-refractivity contribution in [3.63, 3.8) is 0 Å². The summed E-state index contributed by atoms with van der Waals surface area (Å²) in [4.78, 5) is 11.9. The number of furan rings is 1. The first-order valence-corrected chi connectivity index (χ1v) is 19.4. The van der Waals surface area contributed by atoms with Gasteiger partial charge >= 0.3 is 0 Å². The van der Waals surface area contributed by atoms with Crippen molar-refractivity contribution in [2.75, 3.05) is 26.4 Å². The molecule has 0 bridgehead atoms. The Hall–Kier alpha value is -2.76. The smallest absolute Gasteiger partial charge is 0.287 e. The van der Waals surface area contributed by atoms with Crippen LogP contribution >= 0.6 is 11.6 Å². The highest BCUT2D eigenvalue weighted by atomic mass is 35.5. The van der Waals surface area contributed by atoms with Crippen molar-refractivity contribution in [1.82, 2.24) is 20.3 Å². The van der Waals surface area contributed by atoms with Crippen LogP contribution in [-0.4, -0.2) is 65.6 Å². The minimum atomic E-state index is -0.221. The fourth-order valence-electron chi connectivity index (χ4n) is 6.84. The Kier molecular flexibility index (Phi) is 17.1. The lowest BCUT2D eigenvalue weighted by Crippen LogP contribution is -2.31. The van der Waals surface area contributed by atoms with Gasteiger partial charge in [0.05, 0.1) is 37.7 Å². The molecule has 1 N–H and O–H groups in total. The number of carbonyl (C=O) groups excluding carboxylic acids is 1. The van der Waals surface area contributed by atoms with E-state index in [1.807, 2.05) is 10.7 Å². The van der Waals surface area contributed by atoms with Crippen LogP contribution < -0.4 is 5.32 Å². The molecule has 0 unspecified atom stereocenters. The number of nitrogens with zero attached hydrogens (tertiary/aromatic N) is 3. The van der Waals surface area contributed by atoms with Crippen LogP contribution in [0.3, 0.4) is 0 Å². The molecule has 1 aromatic carbocycles. The van der Waals surface area contributed by atoms with Gasteiger partial charge in [0.1, 0.15) is 11.8 Å². The first kappa shape index (κ1) is 38.5. The Morgan fingerprint density at radius 3 is 2.28 bits per heavy atom. The first-order valence-electron chi connectivity index (χ1n) is 19.1. The molecular weight excluding hydrogens is 656 g/mol. The van der Waals surface area contributed by atoms with Crippen LogP contribution in [-0.2, 0) is 32.1 Å². The predicted octanol–water partition coefficient (Wildman–Crippen LogP) is 8.64. The van der Waals surface area contributed by atoms with E-state index in [0.717, 1.165) is 128 Å². The maximum atomic E-state index is 11.9. The molecule has 1 amide bonds. The average molecular weight is 713 g/mol. The molecule has 2 aliphatic rings. The summed E-state index contributed by atoms with van der Waals surface area (Å²) in [5, 5.41) is 12.1. The van der Waals surface area contributed by atoms with E-state index in [9.17, 15) is 4.79 Å². The van der Waals surface area contributed by atoms with Crippen molar-refractivity contribution in [1.29, 1.82) is 0 Å². The van der Waals surface area contributed by atoms with Gasteiger partial charge in [0.2, 0.25) is 0 Å². The topological polar surface area (TPSA) is 110 Å². The minimum Gasteiger partial charge on any atom is -0.440 e. The third kappa shape index (κ3) is 14.1. The maximum Gasteiger partial charge on any atom is 0.287 e. The van der Waals surface area contributed by atoms with Crippen LogP contribution in [0.5, 0.6) is 0 Å². The van der Waals surface area contributed by atoms with Crippen LogP contribution in [0.1, 0.15) is 131 Å². The van der Waals surface area contributed by atoms with E-state index in [1.54, 1.807) is 12.1 Å². The lowest BCUT2D eigenvalue weighted by atomic mass is 9.99. The van der Waals surface area contributed by atoms with Gasteiger partial charge < -0.3 is 28.7 Å². The molecule has 2 saturated heterocycles. The number of amides is 1. The van der Waals surface area contributed by atoms with Gasteiger partial charge in [-0.05, 0) is 119 Å². The highest BCUT2D eigenvalue weighted by Crippen LogP contribution is 2.32. The molecule has 10 nitrogen and oxygen atoms in total. The lowest BCUT2D eigenvalue weighted by Gasteiger charge is -2.30. The van der Waals surface area contributed by atoms with E-state index < -0.39 is 0 Å². The highest BCUT2D eigenvalue weighted by molar-refractivity contribution is 6.29. The zero-order valence-electron chi connectivity index (χ0n) is 29.7. The Balaban J connectivity index is 0.857. The number of aromatic nitrogens is 3. The lowest BCUT2D eigenvalue weighted by molar-refractivity contribution is -0.0630. The van der Waals surface area contributed by atoms with Gasteiger partial charge in [0, 0.05) is 26.4 Å². The summed E-state index contributed by atoms with van der Waals surface area (Å²) in [7, 11) is 0. The van der Waals surface area contributed by atoms with Gasteiger partial charge in [-0.1, -0.05) is 48.4 Å². The molecule has 3 aromatic rings. The molecule has 50 heavy (non-hydrogen) atoms. The van der Waals surface area contributed by atoms with E-state index in [1.165, 1.54) is 12.0 Å². The molecule has 0 saturated carbocycles. The fraction of sp³-hybridized carbons (Fsp3) is 0.667. The Morgan fingerprint density at radius 2 is 1.50 bits per heavy atom. The number of carbonyl (C=O) groups is 1. The normalized spacial score (nSPS) is 21.0. The van der Waals surface area contributed by atoms with Crippen LogP contribution in [0.15, 0.2) is 53.1 Å². The van der Waals surface area contributed by atoms with Gasteiger partial charge in [-0.2, -0.15) is 0 Å². The molecule has 0 spiro atoms. The van der Waals surface area contributed by atoms with Crippen molar-refractivity contribution in [2.24, 2.45) is 0 Å². The number of rotatable bonds is 23. The number of hydrogen-bond acceptors (Lipinski definition) is 8. The van der Waals surface area contributed by atoms with Gasteiger partial charge in [-0.15, -0.1) is 5.10 Å². The number of unbranched alkanes of at least 4 members (excludes halogenated alkanes) is 5. The summed E-state index contributed by atoms with van der Waals surface area (Å²) in [6, 6.07) is 13.5. The molecule has 11 heteroatoms. The van der Waals surface area contributed by atoms with E-state index in [4.69, 9.17) is 35.0 Å². The van der Waals surface area contributed by atoms with Crippen LogP contribution in [0.2, 0.25) is 5.22 Å². The largest absolute Gasteiger partial charge is 0.440 e. The standard InChI is InChI=1S/C39H57ClN4O6/c40-38-23-22-37(50-38)39(45)41-24-8-1-2-9-25-46-26-10-6-16-32-18-12-20-34(48-32)28-44-29-35(42-43-44)36-21-13-19-33(49-36)17-7-11-27-47-30-31-14-4-3-5-15-31/h3-5,14-15,22-23,29,32-34,36H,1-2,6-13,16-21,24-28,30H2,(H,41,45)/t32-,33-,34-,36-/m0/s1. The third-order valence-corrected chi connectivity index (χ3v) is 9.81. The molecule has 4 heterocycles. The molecule has 2 fully saturated rings. The van der Waals surface area contributed by atoms with Gasteiger partial charge in [0.15, 0.2) is 11.0 Å². The Bertz CT molecular complexity index is 1350. The predicted molar refractivity (Wildman–Crippen MR) is 193 cm³/mol. The zero-order valence-corrected chi connectivity index (χ0v) is 30.4. The van der Waals surface area contributed by atoms with Crippen LogP contribution in [0.25, 0.3) is 0 Å². The first-order chi connectivity index (χ1) is 24.6. The summed E-state index contributed by atoms with van der Waals surface area (Å²) in [5.41, 5.74) is 2.18. The SMILES string of the molecule is O=C(NCCCCCCOCCCC[C@H]1CCC[C@@H](Cn2cc([C@@H]3CCC[C@H](CCCCOCc4ccccc4)O3)nn2)O1)c1ccc(Cl)o1. The quantitative estimate of drug-likeness (QED) is 0.0974. The summed E-state index contributed by atoms with van der Waals surface area (Å²) in [5.74, 6) is 0.0302. The van der Waals surface area contributed by atoms with Gasteiger partial charge in [0.25, 0.3) is 5.91 Å². The minimum absolute atomic E-state index is 0.0346. The number of benzene rings is 1. The molecule has 2 aromatic heterocycles. The second kappa shape index (κ2) is 22.2. The second-order valence-electron chi connectivity index (χ2n) is 13.8. The van der Waals surface area contributed by atoms with Crippen LogP contribution in [0, 0.1) is 0 Å². The number of halogens is 1. The summed E-state index contributed by atoms with van der Waals surface area (Å²) in [6.45, 7) is 4.43. The Morgan fingerprint density at radius 1 is 0.800 bits per heavy atom. The molecular formula is C39H57ClN4O6. The zero-order chi connectivity index (χ0) is 34.6. The van der Waals surface area contributed by atoms with E-state index >= 15 is 0 Å². The summed E-state index contributed by atoms with van der Waals surface area (Å²) in [6.07, 6.45) is 20.2. The fourth-order valence-corrected chi connectivity index (χ4v) is 6.99. The van der Waals surface area contributed by atoms with E-state index in [-0.39, 0.29) is 35.2 Å². The third-order valence-electron chi connectivity index (χ3n) is 9.60. The van der Waals surface area contributed by atoms with E-state index in [2.05, 4.69) is 46.1 Å². The monoisotopic (exact) mass is 712 g/mol. The molecule has 4 atom stereocenters. The molecule has 0 radical (unpaired) electrons. The number of nitrogens with one attached hydrogen (secondary N) is 1. The molecule has 5 rings (SSSR count). The Labute approximate surface area is 302 Å². The van der Waals surface area contributed by atoms with Crippen molar-refractivity contribution in [3.8, 4) is 0 Å². The molecule has 276 valence electrons. The van der Waals surface area contributed by atoms with Crippen molar-refractivity contribution >= 4 is 17.5 Å². The molecule has 2 aliphatic heterocycles. The summed E-state index contributed by atoms with van der Waals surface area (Å²) < 4.78 is 31.8. The van der Waals surface area contributed by atoms with Crippen molar-refractivity contribution < 1.29 is 28.2 Å².